The Labute approximate surface area is 170 Å². The van der Waals surface area contributed by atoms with Gasteiger partial charge in [-0.25, -0.2) is 0 Å². The van der Waals surface area contributed by atoms with Crippen LogP contribution in [0.15, 0.2) is 42.5 Å². The molecule has 156 valence electrons. The van der Waals surface area contributed by atoms with Crippen LogP contribution < -0.4 is 13.7 Å². The predicted molar refractivity (Wildman–Crippen MR) is 106 cm³/mol. The Morgan fingerprint density at radius 1 is 1.07 bits per heavy atom. The molecule has 1 amide bonds. The number of ether oxygens (including phenoxy) is 3. The molecular weight excluding hydrogens is 398 g/mol. The van der Waals surface area contributed by atoms with Crippen molar-refractivity contribution in [2.45, 2.75) is 12.6 Å². The summed E-state index contributed by atoms with van der Waals surface area (Å²) in [4.78, 5) is 14.1. The van der Waals surface area contributed by atoms with Crippen LogP contribution >= 0.6 is 0 Å². The molecule has 8 nitrogen and oxygen atoms in total. The van der Waals surface area contributed by atoms with Crippen molar-refractivity contribution >= 4 is 16.0 Å². The summed E-state index contributed by atoms with van der Waals surface area (Å²) in [6, 6.07) is 12.0. The van der Waals surface area contributed by atoms with Crippen molar-refractivity contribution < 1.29 is 31.6 Å². The normalized spacial score (nSPS) is 17.1. The van der Waals surface area contributed by atoms with E-state index in [-0.39, 0.29) is 24.4 Å². The van der Waals surface area contributed by atoms with Gasteiger partial charge in [0, 0.05) is 18.2 Å². The largest absolute Gasteiger partial charge is 0.497 e. The van der Waals surface area contributed by atoms with Crippen LogP contribution in [0.1, 0.15) is 17.2 Å². The first-order valence-corrected chi connectivity index (χ1v) is 10.7. The summed E-state index contributed by atoms with van der Waals surface area (Å²) in [6.45, 7) is 0.701. The lowest BCUT2D eigenvalue weighted by atomic mass is 10.1. The van der Waals surface area contributed by atoms with Crippen molar-refractivity contribution in [3.63, 3.8) is 0 Å². The molecule has 29 heavy (non-hydrogen) atoms. The quantitative estimate of drug-likeness (QED) is 0.633. The van der Waals surface area contributed by atoms with E-state index >= 15 is 0 Å². The highest BCUT2D eigenvalue weighted by Crippen LogP contribution is 2.29. The van der Waals surface area contributed by atoms with Gasteiger partial charge in [0.2, 0.25) is 5.91 Å². The molecule has 0 spiro atoms. The topological polar surface area (TPSA) is 91.4 Å². The fourth-order valence-corrected chi connectivity index (χ4v) is 3.53. The van der Waals surface area contributed by atoms with E-state index in [4.69, 9.17) is 18.4 Å². The first-order valence-electron chi connectivity index (χ1n) is 8.89. The fourth-order valence-electron chi connectivity index (χ4n) is 3.07. The molecule has 1 heterocycles. The molecule has 0 aromatic heterocycles. The molecule has 0 saturated carbocycles. The Hall–Kier alpha value is -2.78. The van der Waals surface area contributed by atoms with E-state index in [1.54, 1.807) is 49.5 Å². The molecule has 0 N–H and O–H groups in total. The van der Waals surface area contributed by atoms with Gasteiger partial charge in [-0.05, 0) is 29.8 Å². The van der Waals surface area contributed by atoms with Crippen LogP contribution in [-0.2, 0) is 26.2 Å². The molecule has 0 radical (unpaired) electrons. The van der Waals surface area contributed by atoms with Gasteiger partial charge in [0.05, 0.1) is 27.0 Å². The molecule has 1 aliphatic rings. The zero-order valence-electron chi connectivity index (χ0n) is 16.5. The molecule has 1 saturated heterocycles. The standard InChI is InChI=1S/C20H23NO7S/c1-25-17-9-6-15(18(10-17)26-2)11-21-12-19(27-13-20(21)22)14-4-7-16(8-5-14)28-29(3,23)24/h4-10,19H,11-13H2,1-3H3. The zero-order valence-corrected chi connectivity index (χ0v) is 17.3. The Kier molecular flexibility index (Phi) is 6.29. The van der Waals surface area contributed by atoms with E-state index in [0.29, 0.717) is 24.6 Å². The highest BCUT2D eigenvalue weighted by molar-refractivity contribution is 7.86. The number of hydrogen-bond donors (Lipinski definition) is 0. The minimum atomic E-state index is -3.58. The maximum absolute atomic E-state index is 12.4. The van der Waals surface area contributed by atoms with Gasteiger partial charge in [-0.1, -0.05) is 12.1 Å². The predicted octanol–water partition coefficient (Wildman–Crippen LogP) is 2.14. The molecule has 0 aliphatic carbocycles. The number of rotatable bonds is 7. The van der Waals surface area contributed by atoms with Gasteiger partial charge in [0.25, 0.3) is 0 Å². The van der Waals surface area contributed by atoms with Crippen LogP contribution in [0.2, 0.25) is 0 Å². The Balaban J connectivity index is 1.73. The van der Waals surface area contributed by atoms with Crippen LogP contribution in [0.4, 0.5) is 0 Å². The average Bonchev–Trinajstić information content (AvgIpc) is 2.69. The summed E-state index contributed by atoms with van der Waals surface area (Å²) in [6.07, 6.45) is 0.659. The molecule has 1 fully saturated rings. The zero-order chi connectivity index (χ0) is 21.0. The Bertz CT molecular complexity index is 973. The second kappa shape index (κ2) is 8.71. The average molecular weight is 421 g/mol. The van der Waals surface area contributed by atoms with Gasteiger partial charge in [-0.15, -0.1) is 0 Å². The summed E-state index contributed by atoms with van der Waals surface area (Å²) in [5.41, 5.74) is 1.68. The maximum atomic E-state index is 12.4. The SMILES string of the molecule is COc1ccc(CN2CC(c3ccc(OS(C)(=O)=O)cc3)OCC2=O)c(OC)c1. The summed E-state index contributed by atoms with van der Waals surface area (Å²) >= 11 is 0. The first kappa shape index (κ1) is 20.9. The summed E-state index contributed by atoms with van der Waals surface area (Å²) in [5.74, 6) is 1.43. The molecule has 3 rings (SSSR count). The Morgan fingerprint density at radius 2 is 1.76 bits per heavy atom. The minimum Gasteiger partial charge on any atom is -0.497 e. The van der Waals surface area contributed by atoms with E-state index in [1.165, 1.54) is 0 Å². The van der Waals surface area contributed by atoms with E-state index in [2.05, 4.69) is 0 Å². The number of hydrogen-bond acceptors (Lipinski definition) is 7. The highest BCUT2D eigenvalue weighted by atomic mass is 32.2. The second-order valence-corrected chi connectivity index (χ2v) is 8.18. The monoisotopic (exact) mass is 421 g/mol. The molecule has 9 heteroatoms. The lowest BCUT2D eigenvalue weighted by Gasteiger charge is -2.33. The fraction of sp³-hybridized carbons (Fsp3) is 0.350. The molecule has 2 aromatic carbocycles. The van der Waals surface area contributed by atoms with Gasteiger partial charge in [-0.3, -0.25) is 4.79 Å². The lowest BCUT2D eigenvalue weighted by molar-refractivity contribution is -0.150. The minimum absolute atomic E-state index is 0.0370. The van der Waals surface area contributed by atoms with Crippen LogP contribution in [0.3, 0.4) is 0 Å². The highest BCUT2D eigenvalue weighted by Gasteiger charge is 2.28. The third-order valence-corrected chi connectivity index (χ3v) is 5.00. The summed E-state index contributed by atoms with van der Waals surface area (Å²) < 4.78 is 43.6. The van der Waals surface area contributed by atoms with E-state index in [0.717, 1.165) is 17.4 Å². The molecule has 2 aromatic rings. The second-order valence-electron chi connectivity index (χ2n) is 6.61. The molecule has 0 bridgehead atoms. The number of morpholine rings is 1. The molecule has 1 aliphatic heterocycles. The summed E-state index contributed by atoms with van der Waals surface area (Å²) in [7, 11) is -0.430. The van der Waals surface area contributed by atoms with Crippen molar-refractivity contribution in [3.05, 3.63) is 53.6 Å². The van der Waals surface area contributed by atoms with Gasteiger partial charge in [0.15, 0.2) is 0 Å². The van der Waals surface area contributed by atoms with Crippen LogP contribution in [0, 0.1) is 0 Å². The van der Waals surface area contributed by atoms with Crippen molar-refractivity contribution in [1.29, 1.82) is 0 Å². The number of methoxy groups -OCH3 is 2. The van der Waals surface area contributed by atoms with Gasteiger partial charge in [-0.2, -0.15) is 8.42 Å². The van der Waals surface area contributed by atoms with Gasteiger partial charge < -0.3 is 23.3 Å². The number of carbonyl (C=O) groups excluding carboxylic acids is 1. The van der Waals surface area contributed by atoms with Crippen molar-refractivity contribution in [2.24, 2.45) is 0 Å². The lowest BCUT2D eigenvalue weighted by Crippen LogP contribution is -2.42. The molecule has 1 unspecified atom stereocenters. The number of benzene rings is 2. The number of nitrogens with zero attached hydrogens (tertiary/aromatic N) is 1. The van der Waals surface area contributed by atoms with Crippen LogP contribution in [0.25, 0.3) is 0 Å². The maximum Gasteiger partial charge on any atom is 0.306 e. The first-order chi connectivity index (χ1) is 13.8. The number of carbonyl (C=O) groups is 1. The number of amides is 1. The van der Waals surface area contributed by atoms with E-state index < -0.39 is 10.1 Å². The van der Waals surface area contributed by atoms with Crippen LogP contribution in [-0.4, -0.2) is 52.9 Å². The molecule has 1 atom stereocenters. The smallest absolute Gasteiger partial charge is 0.306 e. The third kappa shape index (κ3) is 5.39. The van der Waals surface area contributed by atoms with E-state index in [1.807, 2.05) is 12.1 Å². The van der Waals surface area contributed by atoms with Crippen LogP contribution in [0.5, 0.6) is 17.2 Å². The third-order valence-electron chi connectivity index (χ3n) is 4.50. The van der Waals surface area contributed by atoms with Gasteiger partial charge in [0.1, 0.15) is 30.0 Å². The molecular formula is C20H23NO7S. The van der Waals surface area contributed by atoms with Crippen molar-refractivity contribution in [1.82, 2.24) is 4.90 Å². The van der Waals surface area contributed by atoms with Gasteiger partial charge >= 0.3 is 10.1 Å². The summed E-state index contributed by atoms with van der Waals surface area (Å²) in [5, 5.41) is 0. The Morgan fingerprint density at radius 3 is 2.38 bits per heavy atom. The van der Waals surface area contributed by atoms with Crippen molar-refractivity contribution in [3.8, 4) is 17.2 Å². The van der Waals surface area contributed by atoms with E-state index in [9.17, 15) is 13.2 Å². The van der Waals surface area contributed by atoms with Crippen molar-refractivity contribution in [2.75, 3.05) is 33.6 Å².